The van der Waals surface area contributed by atoms with Gasteiger partial charge < -0.3 is 15.7 Å². The monoisotopic (exact) mass is 349 g/mol. The SMILES string of the molecule is Cc1ccc(CNc2cc(-c3ccncc3)nc(NCCCO)n2)cc1. The van der Waals surface area contributed by atoms with Gasteiger partial charge in [-0.15, -0.1) is 0 Å². The van der Waals surface area contributed by atoms with E-state index in [1.54, 1.807) is 12.4 Å². The molecule has 0 unspecified atom stereocenters. The Morgan fingerprint density at radius 2 is 1.73 bits per heavy atom. The molecular formula is C20H23N5O. The van der Waals surface area contributed by atoms with Crippen LogP contribution in [0, 0.1) is 6.92 Å². The number of benzene rings is 1. The molecule has 1 aromatic carbocycles. The Labute approximate surface area is 153 Å². The molecule has 0 atom stereocenters. The number of aliphatic hydroxyl groups is 1. The fourth-order valence-corrected chi connectivity index (χ4v) is 2.47. The average molecular weight is 349 g/mol. The third-order valence-corrected chi connectivity index (χ3v) is 3.91. The summed E-state index contributed by atoms with van der Waals surface area (Å²) in [6.07, 6.45) is 4.14. The molecule has 3 rings (SSSR count). The first-order chi connectivity index (χ1) is 12.7. The Balaban J connectivity index is 1.80. The molecule has 2 aromatic heterocycles. The minimum Gasteiger partial charge on any atom is -0.396 e. The molecule has 0 fully saturated rings. The smallest absolute Gasteiger partial charge is 0.225 e. The molecule has 0 saturated heterocycles. The first-order valence-corrected chi connectivity index (χ1v) is 8.68. The number of anilines is 2. The van der Waals surface area contributed by atoms with Gasteiger partial charge in [0.25, 0.3) is 0 Å². The molecule has 0 amide bonds. The highest BCUT2D eigenvalue weighted by Crippen LogP contribution is 2.21. The lowest BCUT2D eigenvalue weighted by Crippen LogP contribution is -2.10. The van der Waals surface area contributed by atoms with E-state index >= 15 is 0 Å². The quantitative estimate of drug-likeness (QED) is 0.542. The van der Waals surface area contributed by atoms with Crippen molar-refractivity contribution in [2.75, 3.05) is 23.8 Å². The third-order valence-electron chi connectivity index (χ3n) is 3.91. The number of pyridine rings is 1. The summed E-state index contributed by atoms with van der Waals surface area (Å²) in [4.78, 5) is 13.2. The van der Waals surface area contributed by atoms with Crippen LogP contribution in [0.25, 0.3) is 11.3 Å². The largest absolute Gasteiger partial charge is 0.396 e. The number of rotatable bonds is 8. The number of hydrogen-bond acceptors (Lipinski definition) is 6. The number of nitrogens with one attached hydrogen (secondary N) is 2. The summed E-state index contributed by atoms with van der Waals surface area (Å²) < 4.78 is 0. The average Bonchev–Trinajstić information content (AvgIpc) is 2.68. The molecule has 0 aliphatic rings. The van der Waals surface area contributed by atoms with Gasteiger partial charge in [0.05, 0.1) is 5.69 Å². The molecular weight excluding hydrogens is 326 g/mol. The Morgan fingerprint density at radius 3 is 2.46 bits per heavy atom. The van der Waals surface area contributed by atoms with Crippen molar-refractivity contribution < 1.29 is 5.11 Å². The Bertz CT molecular complexity index is 821. The topological polar surface area (TPSA) is 83.0 Å². The highest BCUT2D eigenvalue weighted by Gasteiger charge is 2.07. The highest BCUT2D eigenvalue weighted by molar-refractivity contribution is 5.63. The predicted molar refractivity (Wildman–Crippen MR) is 104 cm³/mol. The summed E-state index contributed by atoms with van der Waals surface area (Å²) in [5, 5.41) is 15.5. The summed E-state index contributed by atoms with van der Waals surface area (Å²) in [6, 6.07) is 14.2. The van der Waals surface area contributed by atoms with Crippen LogP contribution >= 0.6 is 0 Å². The van der Waals surface area contributed by atoms with Crippen LogP contribution in [-0.2, 0) is 6.54 Å². The van der Waals surface area contributed by atoms with Crippen molar-refractivity contribution in [3.8, 4) is 11.3 Å². The molecule has 0 bridgehead atoms. The van der Waals surface area contributed by atoms with Crippen LogP contribution in [0.15, 0.2) is 54.9 Å². The van der Waals surface area contributed by atoms with Crippen molar-refractivity contribution in [2.24, 2.45) is 0 Å². The van der Waals surface area contributed by atoms with Crippen LogP contribution < -0.4 is 10.6 Å². The standard InChI is InChI=1S/C20H23N5O/c1-15-3-5-16(6-4-15)14-23-19-13-18(17-7-10-21-11-8-17)24-20(25-19)22-9-2-12-26/h3-8,10-11,13,26H,2,9,12,14H2,1H3,(H2,22,23,24,25). The molecule has 3 aromatic rings. The zero-order chi connectivity index (χ0) is 18.2. The maximum absolute atomic E-state index is 8.96. The van der Waals surface area contributed by atoms with E-state index in [9.17, 15) is 0 Å². The van der Waals surface area contributed by atoms with E-state index in [1.807, 2.05) is 18.2 Å². The molecule has 134 valence electrons. The molecule has 6 nitrogen and oxygen atoms in total. The van der Waals surface area contributed by atoms with Gasteiger partial charge in [0.2, 0.25) is 5.95 Å². The molecule has 0 saturated carbocycles. The van der Waals surface area contributed by atoms with E-state index in [0.29, 0.717) is 25.5 Å². The van der Waals surface area contributed by atoms with Crippen molar-refractivity contribution >= 4 is 11.8 Å². The van der Waals surface area contributed by atoms with Crippen LogP contribution in [0.4, 0.5) is 11.8 Å². The van der Waals surface area contributed by atoms with Crippen molar-refractivity contribution in [3.05, 3.63) is 66.0 Å². The molecule has 26 heavy (non-hydrogen) atoms. The van der Waals surface area contributed by atoms with Crippen LogP contribution in [-0.4, -0.2) is 33.2 Å². The summed E-state index contributed by atoms with van der Waals surface area (Å²) in [6.45, 7) is 3.51. The van der Waals surface area contributed by atoms with E-state index in [-0.39, 0.29) is 6.61 Å². The lowest BCUT2D eigenvalue weighted by molar-refractivity contribution is 0.292. The van der Waals surface area contributed by atoms with Gasteiger partial charge in [-0.25, -0.2) is 4.98 Å². The number of aryl methyl sites for hydroxylation is 1. The molecule has 0 aliphatic heterocycles. The molecule has 0 radical (unpaired) electrons. The summed E-state index contributed by atoms with van der Waals surface area (Å²) >= 11 is 0. The first-order valence-electron chi connectivity index (χ1n) is 8.68. The van der Waals surface area contributed by atoms with Gasteiger partial charge in [-0.3, -0.25) is 4.98 Å². The summed E-state index contributed by atoms with van der Waals surface area (Å²) in [5.41, 5.74) is 4.23. The number of aliphatic hydroxyl groups excluding tert-OH is 1. The zero-order valence-electron chi connectivity index (χ0n) is 14.8. The molecule has 0 spiro atoms. The van der Waals surface area contributed by atoms with E-state index in [4.69, 9.17) is 5.11 Å². The maximum atomic E-state index is 8.96. The van der Waals surface area contributed by atoms with Crippen molar-refractivity contribution in [3.63, 3.8) is 0 Å². The lowest BCUT2D eigenvalue weighted by Gasteiger charge is -2.11. The fourth-order valence-electron chi connectivity index (χ4n) is 2.47. The Morgan fingerprint density at radius 1 is 0.962 bits per heavy atom. The van der Waals surface area contributed by atoms with Gasteiger partial charge in [-0.1, -0.05) is 29.8 Å². The van der Waals surface area contributed by atoms with Gasteiger partial charge in [-0.2, -0.15) is 4.98 Å². The molecule has 3 N–H and O–H groups in total. The zero-order valence-corrected chi connectivity index (χ0v) is 14.8. The maximum Gasteiger partial charge on any atom is 0.225 e. The van der Waals surface area contributed by atoms with E-state index in [1.165, 1.54) is 11.1 Å². The molecule has 2 heterocycles. The normalized spacial score (nSPS) is 10.5. The highest BCUT2D eigenvalue weighted by atomic mass is 16.3. The summed E-state index contributed by atoms with van der Waals surface area (Å²) in [5.74, 6) is 1.29. The van der Waals surface area contributed by atoms with Gasteiger partial charge in [0.1, 0.15) is 5.82 Å². The van der Waals surface area contributed by atoms with Crippen LogP contribution in [0.5, 0.6) is 0 Å². The number of nitrogens with zero attached hydrogens (tertiary/aromatic N) is 3. The lowest BCUT2D eigenvalue weighted by atomic mass is 10.1. The third kappa shape index (κ3) is 5.00. The van der Waals surface area contributed by atoms with E-state index in [2.05, 4.69) is 56.8 Å². The second kappa shape index (κ2) is 8.92. The van der Waals surface area contributed by atoms with Gasteiger partial charge in [0, 0.05) is 43.7 Å². The van der Waals surface area contributed by atoms with Crippen LogP contribution in [0.3, 0.4) is 0 Å². The van der Waals surface area contributed by atoms with Crippen LogP contribution in [0.1, 0.15) is 17.5 Å². The van der Waals surface area contributed by atoms with Gasteiger partial charge in [-0.05, 0) is 31.0 Å². The minimum absolute atomic E-state index is 0.135. The molecule has 6 heteroatoms. The minimum atomic E-state index is 0.135. The van der Waals surface area contributed by atoms with E-state index in [0.717, 1.165) is 17.1 Å². The first kappa shape index (κ1) is 17.8. The van der Waals surface area contributed by atoms with Crippen molar-refractivity contribution in [1.29, 1.82) is 0 Å². The number of aromatic nitrogens is 3. The van der Waals surface area contributed by atoms with E-state index < -0.39 is 0 Å². The Hall–Kier alpha value is -2.99. The summed E-state index contributed by atoms with van der Waals surface area (Å²) in [7, 11) is 0. The second-order valence-corrected chi connectivity index (χ2v) is 6.04. The fraction of sp³-hybridized carbons (Fsp3) is 0.250. The second-order valence-electron chi connectivity index (χ2n) is 6.04. The predicted octanol–water partition coefficient (Wildman–Crippen LogP) is 3.25. The van der Waals surface area contributed by atoms with Gasteiger partial charge in [0.15, 0.2) is 0 Å². The van der Waals surface area contributed by atoms with Crippen molar-refractivity contribution in [1.82, 2.24) is 15.0 Å². The Kier molecular flexibility index (Phi) is 6.11. The number of hydrogen-bond donors (Lipinski definition) is 3. The molecule has 0 aliphatic carbocycles. The van der Waals surface area contributed by atoms with Gasteiger partial charge >= 0.3 is 0 Å². The van der Waals surface area contributed by atoms with Crippen molar-refractivity contribution in [2.45, 2.75) is 19.9 Å². The van der Waals surface area contributed by atoms with Crippen LogP contribution in [0.2, 0.25) is 0 Å².